The van der Waals surface area contributed by atoms with E-state index in [0.717, 1.165) is 39.0 Å². The third-order valence-electron chi connectivity index (χ3n) is 6.46. The lowest BCUT2D eigenvalue weighted by atomic mass is 9.90. The number of benzene rings is 3. The molecule has 5 rings (SSSR count). The molecule has 0 saturated carbocycles. The van der Waals surface area contributed by atoms with E-state index in [1.807, 2.05) is 36.4 Å². The van der Waals surface area contributed by atoms with Crippen molar-refractivity contribution in [2.24, 2.45) is 0 Å². The first-order valence-corrected chi connectivity index (χ1v) is 11.4. The van der Waals surface area contributed by atoms with E-state index in [1.54, 1.807) is 36.9 Å². The number of para-hydroxylation sites is 1. The van der Waals surface area contributed by atoms with Gasteiger partial charge < -0.3 is 15.0 Å². The molecule has 2 atom stereocenters. The fourth-order valence-corrected chi connectivity index (χ4v) is 4.61. The Morgan fingerprint density at radius 3 is 2.49 bits per heavy atom. The molecule has 0 radical (unpaired) electrons. The topological polar surface area (TPSA) is 115 Å². The van der Waals surface area contributed by atoms with Gasteiger partial charge in [-0.2, -0.15) is 0 Å². The summed E-state index contributed by atoms with van der Waals surface area (Å²) in [5.74, 6) is 0.0981. The van der Waals surface area contributed by atoms with E-state index in [4.69, 9.17) is 9.94 Å². The summed E-state index contributed by atoms with van der Waals surface area (Å²) in [5, 5.41) is 16.4. The van der Waals surface area contributed by atoms with E-state index < -0.39 is 11.9 Å². The smallest absolute Gasteiger partial charge is 0.274 e. The lowest BCUT2D eigenvalue weighted by Crippen LogP contribution is -2.49. The summed E-state index contributed by atoms with van der Waals surface area (Å²) in [6.45, 7) is 0.325. The van der Waals surface area contributed by atoms with Gasteiger partial charge in [0.1, 0.15) is 5.75 Å². The molecule has 0 bridgehead atoms. The zero-order valence-corrected chi connectivity index (χ0v) is 19.2. The molecule has 0 aliphatic carbocycles. The van der Waals surface area contributed by atoms with Gasteiger partial charge in [0, 0.05) is 28.7 Å². The second-order valence-corrected chi connectivity index (χ2v) is 8.55. The molecule has 5 N–H and O–H groups in total. The van der Waals surface area contributed by atoms with Crippen molar-refractivity contribution in [1.29, 1.82) is 0 Å². The molecule has 0 unspecified atom stereocenters. The quantitative estimate of drug-likeness (QED) is 0.219. The van der Waals surface area contributed by atoms with Crippen LogP contribution in [0.15, 0.2) is 72.8 Å². The summed E-state index contributed by atoms with van der Waals surface area (Å²) in [7, 11) is 1.64. The number of aromatic nitrogens is 1. The Balaban J connectivity index is 1.38. The number of fused-ring (bicyclic) bond motifs is 3. The number of amides is 2. The number of rotatable bonds is 6. The van der Waals surface area contributed by atoms with Gasteiger partial charge in [0.2, 0.25) is 5.91 Å². The minimum atomic E-state index is -0.578. The number of methoxy groups -OCH3 is 1. The monoisotopic (exact) mass is 470 g/mol. The minimum Gasteiger partial charge on any atom is -0.497 e. The molecule has 4 aromatic rings. The van der Waals surface area contributed by atoms with Crippen LogP contribution >= 0.6 is 0 Å². The van der Waals surface area contributed by atoms with E-state index >= 15 is 0 Å². The second-order valence-electron chi connectivity index (χ2n) is 8.55. The zero-order valence-electron chi connectivity index (χ0n) is 19.2. The van der Waals surface area contributed by atoms with E-state index in [-0.39, 0.29) is 11.9 Å². The molecule has 2 heterocycles. The first-order valence-electron chi connectivity index (χ1n) is 11.4. The van der Waals surface area contributed by atoms with Gasteiger partial charge in [0.05, 0.1) is 19.2 Å². The summed E-state index contributed by atoms with van der Waals surface area (Å²) >= 11 is 0. The lowest BCUT2D eigenvalue weighted by molar-refractivity contribution is -0.123. The molecular weight excluding hydrogens is 444 g/mol. The highest BCUT2D eigenvalue weighted by atomic mass is 16.5. The number of hydrogen-bond acceptors (Lipinski definition) is 5. The molecule has 3 aromatic carbocycles. The Morgan fingerprint density at radius 2 is 1.77 bits per heavy atom. The highest BCUT2D eigenvalue weighted by Gasteiger charge is 2.33. The lowest BCUT2D eigenvalue weighted by Gasteiger charge is -2.31. The molecule has 8 nitrogen and oxygen atoms in total. The van der Waals surface area contributed by atoms with Crippen LogP contribution in [-0.2, 0) is 17.8 Å². The minimum absolute atomic E-state index is 0.100. The van der Waals surface area contributed by atoms with E-state index in [1.165, 1.54) is 0 Å². The number of hydrogen-bond donors (Lipinski definition) is 5. The van der Waals surface area contributed by atoms with Gasteiger partial charge in [-0.3, -0.25) is 20.1 Å². The predicted octanol–water partition coefficient (Wildman–Crippen LogP) is 3.22. The Morgan fingerprint density at radius 1 is 1.03 bits per heavy atom. The fraction of sp³-hybridized carbons (Fsp3) is 0.185. The van der Waals surface area contributed by atoms with Gasteiger partial charge >= 0.3 is 0 Å². The van der Waals surface area contributed by atoms with Crippen molar-refractivity contribution < 1.29 is 19.5 Å². The van der Waals surface area contributed by atoms with Crippen molar-refractivity contribution in [3.8, 4) is 5.75 Å². The van der Waals surface area contributed by atoms with Crippen molar-refractivity contribution in [1.82, 2.24) is 21.1 Å². The molecule has 8 heteroatoms. The van der Waals surface area contributed by atoms with Crippen LogP contribution in [0.5, 0.6) is 5.75 Å². The highest BCUT2D eigenvalue weighted by molar-refractivity contribution is 5.93. The van der Waals surface area contributed by atoms with Crippen molar-refractivity contribution in [3.63, 3.8) is 0 Å². The number of aromatic amines is 1. The van der Waals surface area contributed by atoms with Crippen molar-refractivity contribution >= 4 is 22.7 Å². The number of nitrogens with one attached hydrogen (secondary N) is 4. The number of carbonyl (C=O) groups is 2. The van der Waals surface area contributed by atoms with Crippen molar-refractivity contribution in [2.75, 3.05) is 7.11 Å². The van der Waals surface area contributed by atoms with E-state index in [2.05, 4.69) is 27.8 Å². The highest BCUT2D eigenvalue weighted by Crippen LogP contribution is 2.35. The van der Waals surface area contributed by atoms with Crippen LogP contribution in [0.25, 0.3) is 10.9 Å². The number of carbonyl (C=O) groups excluding carboxylic acids is 2. The number of hydroxylamine groups is 1. The normalized spacial score (nSPS) is 17.0. The maximum Gasteiger partial charge on any atom is 0.274 e. The summed E-state index contributed by atoms with van der Waals surface area (Å²) in [6, 6.07) is 22.1. The van der Waals surface area contributed by atoms with Gasteiger partial charge in [0.15, 0.2) is 0 Å². The average Bonchev–Trinajstić information content (AvgIpc) is 3.30. The van der Waals surface area contributed by atoms with Gasteiger partial charge in [-0.15, -0.1) is 0 Å². The molecule has 0 fully saturated rings. The number of ether oxygens (including phenoxy) is 1. The molecule has 35 heavy (non-hydrogen) atoms. The molecule has 1 aliphatic rings. The third-order valence-corrected chi connectivity index (χ3v) is 6.46. The molecule has 0 spiro atoms. The standard InChI is InChI=1S/C27H26N4O4/c1-35-19-12-10-17(11-13-19)24-25-21(20-4-2-3-5-22(20)29-25)14-23(30-24)27(33)28-15-16-6-8-18(9-7-16)26(32)31-34/h2-13,23-24,29-30,34H,14-15H2,1H3,(H,28,33)(H,31,32)/t23-,24-/m0/s1. The van der Waals surface area contributed by atoms with Gasteiger partial charge in [-0.05, 0) is 53.4 Å². The Labute approximate surface area is 202 Å². The Bertz CT molecular complexity index is 1360. The molecule has 1 aliphatic heterocycles. The Kier molecular flexibility index (Phi) is 6.22. The SMILES string of the molecule is COc1ccc([C@@H]2N[C@H](C(=O)NCc3ccc(C(=O)NO)cc3)Cc3c2[nH]c2ccccc32)cc1. The maximum absolute atomic E-state index is 13.2. The summed E-state index contributed by atoms with van der Waals surface area (Å²) in [6.07, 6.45) is 0.563. The van der Waals surface area contributed by atoms with Crippen molar-refractivity contribution in [3.05, 3.63) is 101 Å². The summed E-state index contributed by atoms with van der Waals surface area (Å²) in [5.41, 5.74) is 7.09. The summed E-state index contributed by atoms with van der Waals surface area (Å²) < 4.78 is 5.31. The largest absolute Gasteiger partial charge is 0.497 e. The molecule has 2 amide bonds. The first-order chi connectivity index (χ1) is 17.1. The fourth-order valence-electron chi connectivity index (χ4n) is 4.61. The van der Waals surface area contributed by atoms with Gasteiger partial charge in [0.25, 0.3) is 5.91 Å². The van der Waals surface area contributed by atoms with E-state index in [9.17, 15) is 9.59 Å². The Hall–Kier alpha value is -4.14. The van der Waals surface area contributed by atoms with Crippen LogP contribution in [-0.4, -0.2) is 35.2 Å². The maximum atomic E-state index is 13.2. The molecule has 178 valence electrons. The molecule has 0 saturated heterocycles. The third kappa shape index (κ3) is 4.49. The summed E-state index contributed by atoms with van der Waals surface area (Å²) in [4.78, 5) is 28.3. The van der Waals surface area contributed by atoms with Gasteiger partial charge in [-0.1, -0.05) is 42.5 Å². The van der Waals surface area contributed by atoms with Crippen molar-refractivity contribution in [2.45, 2.75) is 25.0 Å². The molecule has 1 aromatic heterocycles. The van der Waals surface area contributed by atoms with Crippen LogP contribution in [0, 0.1) is 0 Å². The predicted molar refractivity (Wildman–Crippen MR) is 131 cm³/mol. The van der Waals surface area contributed by atoms with Crippen LogP contribution in [0.4, 0.5) is 0 Å². The van der Waals surface area contributed by atoms with Gasteiger partial charge in [-0.25, -0.2) is 5.48 Å². The van der Waals surface area contributed by atoms with Crippen LogP contribution in [0.2, 0.25) is 0 Å². The first kappa shape index (κ1) is 22.6. The second kappa shape index (κ2) is 9.61. The molecular formula is C27H26N4O4. The van der Waals surface area contributed by atoms with Crippen LogP contribution in [0.1, 0.15) is 38.8 Å². The van der Waals surface area contributed by atoms with Crippen LogP contribution < -0.4 is 20.9 Å². The zero-order chi connectivity index (χ0) is 24.4. The average molecular weight is 471 g/mol. The van der Waals surface area contributed by atoms with E-state index in [0.29, 0.717) is 18.5 Å². The van der Waals surface area contributed by atoms with Crippen LogP contribution in [0.3, 0.4) is 0 Å². The number of H-pyrrole nitrogens is 1.